The van der Waals surface area contributed by atoms with Crippen LogP contribution in [-0.4, -0.2) is 20.5 Å². The number of carbonyl (C=O) groups excluding carboxylic acids is 1. The molecule has 0 aliphatic heterocycles. The SMILES string of the molecule is COc1cc2ccc(C=O)c(-c3cccc4ccccc34)c2cc1OC. The van der Waals surface area contributed by atoms with E-state index in [9.17, 15) is 4.79 Å². The summed E-state index contributed by atoms with van der Waals surface area (Å²) < 4.78 is 10.9. The van der Waals surface area contributed by atoms with Crippen molar-refractivity contribution in [2.75, 3.05) is 14.2 Å². The molecule has 3 heteroatoms. The summed E-state index contributed by atoms with van der Waals surface area (Å²) in [6.45, 7) is 0. The fraction of sp³-hybridized carbons (Fsp3) is 0.0870. The number of hydrogen-bond acceptors (Lipinski definition) is 3. The van der Waals surface area contributed by atoms with Crippen LogP contribution in [0.5, 0.6) is 11.5 Å². The molecule has 4 aromatic rings. The quantitative estimate of drug-likeness (QED) is 0.460. The van der Waals surface area contributed by atoms with E-state index >= 15 is 0 Å². The van der Waals surface area contributed by atoms with Gasteiger partial charge in [0.05, 0.1) is 14.2 Å². The van der Waals surface area contributed by atoms with Crippen molar-refractivity contribution in [1.29, 1.82) is 0 Å². The van der Waals surface area contributed by atoms with Gasteiger partial charge in [-0.05, 0) is 39.2 Å². The van der Waals surface area contributed by atoms with Gasteiger partial charge in [0.25, 0.3) is 0 Å². The minimum absolute atomic E-state index is 0.643. The highest BCUT2D eigenvalue weighted by Crippen LogP contribution is 2.40. The summed E-state index contributed by atoms with van der Waals surface area (Å²) in [7, 11) is 3.24. The average molecular weight is 342 g/mol. The molecule has 0 saturated heterocycles. The first-order chi connectivity index (χ1) is 12.8. The first kappa shape index (κ1) is 16.2. The maximum absolute atomic E-state index is 11.8. The zero-order valence-electron chi connectivity index (χ0n) is 14.7. The predicted molar refractivity (Wildman–Crippen MR) is 105 cm³/mol. The largest absolute Gasteiger partial charge is 0.493 e. The molecule has 4 rings (SSSR count). The zero-order chi connectivity index (χ0) is 18.1. The highest BCUT2D eigenvalue weighted by Gasteiger charge is 2.15. The topological polar surface area (TPSA) is 35.5 Å². The van der Waals surface area contributed by atoms with Crippen LogP contribution in [0, 0.1) is 0 Å². The first-order valence-electron chi connectivity index (χ1n) is 8.39. The molecule has 0 aliphatic rings. The summed E-state index contributed by atoms with van der Waals surface area (Å²) in [4.78, 5) is 11.8. The Balaban J connectivity index is 2.14. The average Bonchev–Trinajstić information content (AvgIpc) is 2.71. The van der Waals surface area contributed by atoms with Crippen LogP contribution < -0.4 is 9.47 Å². The van der Waals surface area contributed by atoms with Gasteiger partial charge in [0.1, 0.15) is 0 Å². The van der Waals surface area contributed by atoms with Crippen molar-refractivity contribution in [3.8, 4) is 22.6 Å². The number of methoxy groups -OCH3 is 2. The number of rotatable bonds is 4. The lowest BCUT2D eigenvalue weighted by Gasteiger charge is -2.15. The van der Waals surface area contributed by atoms with Crippen LogP contribution in [0.4, 0.5) is 0 Å². The fourth-order valence-electron chi connectivity index (χ4n) is 3.51. The lowest BCUT2D eigenvalue weighted by atomic mass is 9.90. The van der Waals surface area contributed by atoms with E-state index in [-0.39, 0.29) is 0 Å². The van der Waals surface area contributed by atoms with E-state index in [1.165, 1.54) is 0 Å². The molecule has 26 heavy (non-hydrogen) atoms. The lowest BCUT2D eigenvalue weighted by molar-refractivity contribution is 0.112. The summed E-state index contributed by atoms with van der Waals surface area (Å²) >= 11 is 0. The van der Waals surface area contributed by atoms with Crippen LogP contribution in [-0.2, 0) is 0 Å². The third kappa shape index (κ3) is 2.49. The molecule has 0 aromatic heterocycles. The van der Waals surface area contributed by atoms with Crippen LogP contribution >= 0.6 is 0 Å². The Bertz CT molecular complexity index is 1120. The van der Waals surface area contributed by atoms with E-state index in [0.717, 1.165) is 39.0 Å². The van der Waals surface area contributed by atoms with E-state index < -0.39 is 0 Å². The normalized spacial score (nSPS) is 10.8. The Morgan fingerprint density at radius 3 is 2.23 bits per heavy atom. The minimum atomic E-state index is 0.643. The Hall–Kier alpha value is -3.33. The van der Waals surface area contributed by atoms with Crippen molar-refractivity contribution < 1.29 is 14.3 Å². The molecule has 0 heterocycles. The molecule has 0 fully saturated rings. The Morgan fingerprint density at radius 1 is 0.731 bits per heavy atom. The van der Waals surface area contributed by atoms with Crippen LogP contribution in [0.1, 0.15) is 10.4 Å². The van der Waals surface area contributed by atoms with Gasteiger partial charge in [-0.2, -0.15) is 0 Å². The zero-order valence-corrected chi connectivity index (χ0v) is 14.7. The molecule has 0 bridgehead atoms. The molecule has 3 nitrogen and oxygen atoms in total. The van der Waals surface area contributed by atoms with Gasteiger partial charge in [-0.15, -0.1) is 0 Å². The van der Waals surface area contributed by atoms with Gasteiger partial charge in [0.2, 0.25) is 0 Å². The van der Waals surface area contributed by atoms with Crippen molar-refractivity contribution in [1.82, 2.24) is 0 Å². The molecule has 0 aliphatic carbocycles. The molecular weight excluding hydrogens is 324 g/mol. The molecule has 0 saturated carbocycles. The van der Waals surface area contributed by atoms with Gasteiger partial charge in [-0.25, -0.2) is 0 Å². The van der Waals surface area contributed by atoms with Gasteiger partial charge in [0, 0.05) is 11.1 Å². The molecule has 128 valence electrons. The van der Waals surface area contributed by atoms with Gasteiger partial charge in [0.15, 0.2) is 17.8 Å². The molecule has 0 unspecified atom stereocenters. The smallest absolute Gasteiger partial charge is 0.161 e. The van der Waals surface area contributed by atoms with Crippen LogP contribution in [0.15, 0.2) is 66.7 Å². The Labute approximate surface area is 151 Å². The summed E-state index contributed by atoms with van der Waals surface area (Å²) in [5.74, 6) is 1.31. The maximum atomic E-state index is 11.8. The standard InChI is InChI=1S/C23H18O3/c1-25-21-12-16-10-11-17(14-24)23(20(16)13-22(21)26-2)19-9-5-7-15-6-3-4-8-18(15)19/h3-14H,1-2H3. The van der Waals surface area contributed by atoms with E-state index in [1.54, 1.807) is 14.2 Å². The van der Waals surface area contributed by atoms with Gasteiger partial charge >= 0.3 is 0 Å². The monoisotopic (exact) mass is 342 g/mol. The molecule has 0 spiro atoms. The lowest BCUT2D eigenvalue weighted by Crippen LogP contribution is -1.94. The van der Waals surface area contributed by atoms with Gasteiger partial charge in [-0.3, -0.25) is 4.79 Å². The van der Waals surface area contributed by atoms with Crippen LogP contribution in [0.3, 0.4) is 0 Å². The fourth-order valence-corrected chi connectivity index (χ4v) is 3.51. The Kier molecular flexibility index (Phi) is 4.05. The van der Waals surface area contributed by atoms with Crippen LogP contribution in [0.2, 0.25) is 0 Å². The highest BCUT2D eigenvalue weighted by atomic mass is 16.5. The predicted octanol–water partition coefficient (Wildman–Crippen LogP) is 5.49. The van der Waals surface area contributed by atoms with Crippen LogP contribution in [0.25, 0.3) is 32.7 Å². The van der Waals surface area contributed by atoms with Crippen molar-refractivity contribution in [3.63, 3.8) is 0 Å². The summed E-state index contributed by atoms with van der Waals surface area (Å²) in [6, 6.07) is 22.0. The summed E-state index contributed by atoms with van der Waals surface area (Å²) in [6.07, 6.45) is 0.910. The Morgan fingerprint density at radius 2 is 1.46 bits per heavy atom. The third-order valence-corrected chi connectivity index (χ3v) is 4.74. The van der Waals surface area contributed by atoms with Crippen molar-refractivity contribution in [2.24, 2.45) is 0 Å². The second-order valence-corrected chi connectivity index (χ2v) is 6.10. The number of hydrogen-bond donors (Lipinski definition) is 0. The number of carbonyl (C=O) groups is 1. The summed E-state index contributed by atoms with van der Waals surface area (Å²) in [5, 5.41) is 4.21. The minimum Gasteiger partial charge on any atom is -0.493 e. The second kappa shape index (κ2) is 6.52. The molecule has 4 aromatic carbocycles. The van der Waals surface area contributed by atoms with E-state index in [4.69, 9.17) is 9.47 Å². The van der Waals surface area contributed by atoms with Crippen molar-refractivity contribution in [3.05, 3.63) is 72.3 Å². The number of fused-ring (bicyclic) bond motifs is 2. The molecule has 0 amide bonds. The molecular formula is C23H18O3. The number of ether oxygens (including phenoxy) is 2. The number of aldehydes is 1. The molecule has 0 atom stereocenters. The maximum Gasteiger partial charge on any atom is 0.161 e. The van der Waals surface area contributed by atoms with E-state index in [0.29, 0.717) is 17.1 Å². The summed E-state index contributed by atoms with van der Waals surface area (Å²) in [5.41, 5.74) is 2.60. The molecule has 0 radical (unpaired) electrons. The highest BCUT2D eigenvalue weighted by molar-refractivity contribution is 6.11. The second-order valence-electron chi connectivity index (χ2n) is 6.10. The molecule has 0 N–H and O–H groups in total. The van der Waals surface area contributed by atoms with E-state index in [2.05, 4.69) is 24.3 Å². The van der Waals surface area contributed by atoms with Gasteiger partial charge in [-0.1, -0.05) is 54.6 Å². The van der Waals surface area contributed by atoms with Gasteiger partial charge < -0.3 is 9.47 Å². The van der Waals surface area contributed by atoms with Crippen molar-refractivity contribution in [2.45, 2.75) is 0 Å². The van der Waals surface area contributed by atoms with Crippen molar-refractivity contribution >= 4 is 27.8 Å². The first-order valence-corrected chi connectivity index (χ1v) is 8.39. The number of benzene rings is 4. The third-order valence-electron chi connectivity index (χ3n) is 4.74. The van der Waals surface area contributed by atoms with E-state index in [1.807, 2.05) is 42.5 Å².